The lowest BCUT2D eigenvalue weighted by Gasteiger charge is -2.10. The lowest BCUT2D eigenvalue weighted by Crippen LogP contribution is -2.17. The minimum Gasteiger partial charge on any atom is -0.405 e. The molecule has 0 aliphatic heterocycles. The molecule has 0 unspecified atom stereocenters. The molecule has 0 saturated heterocycles. The summed E-state index contributed by atoms with van der Waals surface area (Å²) in [5.41, 5.74) is 0.240. The average molecular weight is 222 g/mol. The number of hydrogen-bond acceptors (Lipinski definition) is 3. The molecule has 1 rings (SSSR count). The van der Waals surface area contributed by atoms with Crippen molar-refractivity contribution in [1.82, 2.24) is 0 Å². The van der Waals surface area contributed by atoms with Crippen molar-refractivity contribution >= 4 is 18.9 Å². The second kappa shape index (κ2) is 3.91. The summed E-state index contributed by atoms with van der Waals surface area (Å²) in [4.78, 5) is 10.2. The number of alkyl halides is 3. The zero-order valence-electron chi connectivity index (χ0n) is 6.71. The highest BCUT2D eigenvalue weighted by molar-refractivity contribution is 7.80. The third kappa shape index (κ3) is 2.95. The molecular weight excluding hydrogens is 217 g/mol. The van der Waals surface area contributed by atoms with Gasteiger partial charge in [0, 0.05) is 10.5 Å². The molecule has 1 aromatic rings. The van der Waals surface area contributed by atoms with E-state index < -0.39 is 12.1 Å². The Kier molecular flexibility index (Phi) is 3.05. The van der Waals surface area contributed by atoms with E-state index in [4.69, 9.17) is 0 Å². The molecule has 0 aliphatic carbocycles. The van der Waals surface area contributed by atoms with Gasteiger partial charge in [-0.05, 0) is 18.2 Å². The fourth-order valence-corrected chi connectivity index (χ4v) is 1.09. The molecule has 6 heteroatoms. The van der Waals surface area contributed by atoms with Gasteiger partial charge in [-0.3, -0.25) is 4.79 Å². The van der Waals surface area contributed by atoms with Gasteiger partial charge in [0.15, 0.2) is 0 Å². The molecule has 0 N–H and O–H groups in total. The Labute approximate surface area is 83.1 Å². The maximum atomic E-state index is 11.8. The largest absolute Gasteiger partial charge is 0.573 e. The van der Waals surface area contributed by atoms with Gasteiger partial charge in [0.1, 0.15) is 12.0 Å². The lowest BCUT2D eigenvalue weighted by atomic mass is 10.2. The van der Waals surface area contributed by atoms with E-state index >= 15 is 0 Å². The predicted octanol–water partition coefficient (Wildman–Crippen LogP) is 2.69. The molecule has 0 bridgehead atoms. The molecule has 0 atom stereocenters. The number of benzene rings is 1. The van der Waals surface area contributed by atoms with Gasteiger partial charge in [-0.25, -0.2) is 0 Å². The summed E-state index contributed by atoms with van der Waals surface area (Å²) in [6, 6.07) is 3.45. The first-order chi connectivity index (χ1) is 6.42. The lowest BCUT2D eigenvalue weighted by molar-refractivity contribution is -0.275. The first kappa shape index (κ1) is 10.9. The summed E-state index contributed by atoms with van der Waals surface area (Å²) in [6.45, 7) is 0. The van der Waals surface area contributed by atoms with Gasteiger partial charge in [0.25, 0.3) is 0 Å². The zero-order chi connectivity index (χ0) is 10.8. The van der Waals surface area contributed by atoms with Crippen LogP contribution in [0, 0.1) is 0 Å². The Morgan fingerprint density at radius 3 is 2.43 bits per heavy atom. The van der Waals surface area contributed by atoms with Crippen LogP contribution in [0.2, 0.25) is 0 Å². The van der Waals surface area contributed by atoms with E-state index in [2.05, 4.69) is 17.4 Å². The molecule has 14 heavy (non-hydrogen) atoms. The quantitative estimate of drug-likeness (QED) is 0.615. The second-order valence-corrected chi connectivity index (χ2v) is 2.87. The van der Waals surface area contributed by atoms with E-state index in [0.717, 1.165) is 6.07 Å². The van der Waals surface area contributed by atoms with Gasteiger partial charge < -0.3 is 4.74 Å². The summed E-state index contributed by atoms with van der Waals surface area (Å²) in [7, 11) is 0. The van der Waals surface area contributed by atoms with Crippen molar-refractivity contribution in [3.63, 3.8) is 0 Å². The van der Waals surface area contributed by atoms with E-state index in [0.29, 0.717) is 6.29 Å². The Balaban J connectivity index is 2.95. The smallest absolute Gasteiger partial charge is 0.405 e. The molecular formula is C8H5F3O2S. The summed E-state index contributed by atoms with van der Waals surface area (Å²) in [5.74, 6) is -0.425. The van der Waals surface area contributed by atoms with Crippen LogP contribution in [0.1, 0.15) is 10.4 Å². The van der Waals surface area contributed by atoms with E-state index in [1.54, 1.807) is 0 Å². The monoisotopic (exact) mass is 222 g/mol. The molecule has 0 heterocycles. The van der Waals surface area contributed by atoms with E-state index in [1.807, 2.05) is 0 Å². The second-order valence-electron chi connectivity index (χ2n) is 2.39. The number of carbonyl (C=O) groups is 1. The van der Waals surface area contributed by atoms with E-state index in [1.165, 1.54) is 12.1 Å². The van der Waals surface area contributed by atoms with Crippen LogP contribution in [0.4, 0.5) is 13.2 Å². The standard InChI is InChI=1S/C8H5F3O2S/c9-8(10,11)13-6-2-1-5(4-12)3-7(6)14/h1-4,14H. The van der Waals surface area contributed by atoms with Crippen LogP contribution in [0.3, 0.4) is 0 Å². The zero-order valence-corrected chi connectivity index (χ0v) is 7.60. The van der Waals surface area contributed by atoms with Crippen molar-refractivity contribution in [3.05, 3.63) is 23.8 Å². The Hall–Kier alpha value is -1.17. The number of ether oxygens (including phenoxy) is 1. The van der Waals surface area contributed by atoms with Crippen molar-refractivity contribution in [2.75, 3.05) is 0 Å². The molecule has 0 saturated carbocycles. The maximum absolute atomic E-state index is 11.8. The van der Waals surface area contributed by atoms with Gasteiger partial charge in [-0.15, -0.1) is 25.8 Å². The number of halogens is 3. The van der Waals surface area contributed by atoms with Crippen LogP contribution in [-0.4, -0.2) is 12.6 Å². The van der Waals surface area contributed by atoms with Gasteiger partial charge in [0.2, 0.25) is 0 Å². The molecule has 0 aliphatic rings. The summed E-state index contributed by atoms with van der Waals surface area (Å²) < 4.78 is 39.0. The first-order valence-corrected chi connectivity index (χ1v) is 3.91. The Morgan fingerprint density at radius 1 is 1.36 bits per heavy atom. The van der Waals surface area contributed by atoms with Crippen molar-refractivity contribution in [3.8, 4) is 5.75 Å². The minimum absolute atomic E-state index is 0.0353. The van der Waals surface area contributed by atoms with Crippen molar-refractivity contribution in [1.29, 1.82) is 0 Å². The van der Waals surface area contributed by atoms with Crippen LogP contribution >= 0.6 is 12.6 Å². The summed E-state index contributed by atoms with van der Waals surface area (Å²) in [6.07, 6.45) is -4.24. The number of carbonyl (C=O) groups excluding carboxylic acids is 1. The van der Waals surface area contributed by atoms with Gasteiger partial charge in [0.05, 0.1) is 0 Å². The van der Waals surface area contributed by atoms with Crippen molar-refractivity contribution < 1.29 is 22.7 Å². The van der Waals surface area contributed by atoms with Crippen LogP contribution in [0.25, 0.3) is 0 Å². The third-order valence-electron chi connectivity index (χ3n) is 1.34. The topological polar surface area (TPSA) is 26.3 Å². The van der Waals surface area contributed by atoms with Crippen LogP contribution in [0.5, 0.6) is 5.75 Å². The first-order valence-electron chi connectivity index (χ1n) is 3.46. The highest BCUT2D eigenvalue weighted by atomic mass is 32.1. The van der Waals surface area contributed by atoms with Crippen LogP contribution in [-0.2, 0) is 0 Å². The third-order valence-corrected chi connectivity index (χ3v) is 1.69. The van der Waals surface area contributed by atoms with E-state index in [9.17, 15) is 18.0 Å². The molecule has 0 aromatic heterocycles. The van der Waals surface area contributed by atoms with Crippen molar-refractivity contribution in [2.45, 2.75) is 11.3 Å². The fourth-order valence-electron chi connectivity index (χ4n) is 0.819. The highest BCUT2D eigenvalue weighted by Gasteiger charge is 2.31. The van der Waals surface area contributed by atoms with E-state index in [-0.39, 0.29) is 10.5 Å². The van der Waals surface area contributed by atoms with Gasteiger partial charge in [-0.2, -0.15) is 0 Å². The SMILES string of the molecule is O=Cc1ccc(OC(F)(F)F)c(S)c1. The average Bonchev–Trinajstić information content (AvgIpc) is 2.06. The summed E-state index contributed by atoms with van der Waals surface area (Å²) in [5, 5.41) is 0. The highest BCUT2D eigenvalue weighted by Crippen LogP contribution is 2.29. The molecule has 1 aromatic carbocycles. The van der Waals surface area contributed by atoms with Crippen LogP contribution in [0.15, 0.2) is 23.1 Å². The molecule has 0 spiro atoms. The van der Waals surface area contributed by atoms with Crippen LogP contribution < -0.4 is 4.74 Å². The summed E-state index contributed by atoms with van der Waals surface area (Å²) >= 11 is 3.75. The number of aldehydes is 1. The molecule has 76 valence electrons. The molecule has 2 nitrogen and oxygen atoms in total. The predicted molar refractivity (Wildman–Crippen MR) is 45.8 cm³/mol. The normalized spacial score (nSPS) is 11.1. The van der Waals surface area contributed by atoms with Gasteiger partial charge in [-0.1, -0.05) is 0 Å². The van der Waals surface area contributed by atoms with Crippen molar-refractivity contribution in [2.24, 2.45) is 0 Å². The number of thiol groups is 1. The maximum Gasteiger partial charge on any atom is 0.573 e. The Morgan fingerprint density at radius 2 is 2.00 bits per heavy atom. The molecule has 0 fully saturated rings. The van der Waals surface area contributed by atoms with Gasteiger partial charge >= 0.3 is 6.36 Å². The molecule has 0 radical (unpaired) electrons. The Bertz CT molecular complexity index is 349. The number of rotatable bonds is 2. The fraction of sp³-hybridized carbons (Fsp3) is 0.125. The minimum atomic E-state index is -4.75. The number of hydrogen-bond donors (Lipinski definition) is 1. The molecule has 0 amide bonds.